The normalized spacial score (nSPS) is 34.3. The van der Waals surface area contributed by atoms with Crippen LogP contribution in [-0.4, -0.2) is 51.4 Å². The van der Waals surface area contributed by atoms with Gasteiger partial charge in [-0.15, -0.1) is 12.3 Å². The molecule has 0 bridgehead atoms. The van der Waals surface area contributed by atoms with Crippen LogP contribution in [0.25, 0.3) is 0 Å². The van der Waals surface area contributed by atoms with Crippen LogP contribution in [0.5, 0.6) is 0 Å². The summed E-state index contributed by atoms with van der Waals surface area (Å²) in [6, 6.07) is 0. The highest BCUT2D eigenvalue weighted by Crippen LogP contribution is 2.57. The number of terminal acetylenes is 1. The van der Waals surface area contributed by atoms with Crippen LogP contribution in [0.4, 0.5) is 0 Å². The summed E-state index contributed by atoms with van der Waals surface area (Å²) in [6.45, 7) is 23.5. The average molecular weight is 533 g/mol. The highest BCUT2D eigenvalue weighted by atomic mass is 28.4. The molecule has 0 aromatic carbocycles. The topological polar surface area (TPSA) is 57.3 Å². The Hall–Kier alpha value is -1.13. The number of fused-ring (bicyclic) bond motifs is 1. The second-order valence-corrected chi connectivity index (χ2v) is 18.4. The van der Waals surface area contributed by atoms with E-state index in [0.29, 0.717) is 59.7 Å². The predicted octanol–water partition coefficient (Wildman–Crippen LogP) is 6.91. The monoisotopic (exact) mass is 532 g/mol. The lowest BCUT2D eigenvalue weighted by Gasteiger charge is -2.45. The summed E-state index contributed by atoms with van der Waals surface area (Å²) in [5.41, 5.74) is 2.73. The quantitative estimate of drug-likeness (QED) is 0.0898. The molecule has 37 heavy (non-hydrogen) atoms. The largest absolute Gasteiger partial charge is 0.466 e. The molecular weight excluding hydrogens is 480 g/mol. The van der Waals surface area contributed by atoms with Crippen molar-refractivity contribution >= 4 is 14.3 Å². The van der Waals surface area contributed by atoms with Gasteiger partial charge in [0, 0.05) is 38.2 Å². The Labute approximate surface area is 227 Å². The molecular formula is C31H52O5Si. The minimum absolute atomic E-state index is 0.0118. The summed E-state index contributed by atoms with van der Waals surface area (Å²) in [5.74, 6) is 4.10. The number of ether oxygens (including phenoxy) is 3. The van der Waals surface area contributed by atoms with Crippen LogP contribution in [-0.2, 0) is 23.4 Å². The third-order valence-corrected chi connectivity index (χ3v) is 15.9. The third-order valence-electron chi connectivity index (χ3n) is 9.80. The van der Waals surface area contributed by atoms with E-state index in [1.807, 2.05) is 0 Å². The van der Waals surface area contributed by atoms with Crippen LogP contribution in [0.2, 0.25) is 16.6 Å². The number of esters is 1. The molecule has 1 aliphatic carbocycles. The fourth-order valence-corrected chi connectivity index (χ4v) is 13.6. The third kappa shape index (κ3) is 5.90. The van der Waals surface area contributed by atoms with E-state index >= 15 is 0 Å². The van der Waals surface area contributed by atoms with Gasteiger partial charge in [-0.2, -0.15) is 0 Å². The maximum Gasteiger partial charge on any atom is 0.302 e. The summed E-state index contributed by atoms with van der Waals surface area (Å²) >= 11 is 0. The molecule has 6 heteroatoms. The Kier molecular flexibility index (Phi) is 9.82. The molecule has 0 saturated carbocycles. The zero-order chi connectivity index (χ0) is 27.7. The Morgan fingerprint density at radius 3 is 2.35 bits per heavy atom. The van der Waals surface area contributed by atoms with Gasteiger partial charge in [-0.1, -0.05) is 60.1 Å². The second kappa shape index (κ2) is 11.9. The standard InChI is InChI=1S/C31H52O5Si/c1-12-13-26-28-22(8)14-15-25(23(9)18-34-37(19(2)3,20(4)5)21(6)7)29(28)30(35-26)31(11)27(36-31)16-17-33-24(10)32/h1,14,19-21,23,25-30H,13,15-18H2,2-11H3/t23-,25-,26-,27-,28-,29-,30-,31-/m1/s1. The van der Waals surface area contributed by atoms with Crippen molar-refractivity contribution in [1.29, 1.82) is 0 Å². The van der Waals surface area contributed by atoms with Gasteiger partial charge in [0.15, 0.2) is 8.32 Å². The Bertz CT molecular complexity index is 852. The van der Waals surface area contributed by atoms with E-state index in [1.54, 1.807) is 0 Å². The van der Waals surface area contributed by atoms with Crippen LogP contribution in [0.3, 0.4) is 0 Å². The summed E-state index contributed by atoms with van der Waals surface area (Å²) in [7, 11) is -1.94. The highest BCUT2D eigenvalue weighted by molar-refractivity contribution is 6.77. The first-order chi connectivity index (χ1) is 17.3. The number of hydrogen-bond acceptors (Lipinski definition) is 5. The van der Waals surface area contributed by atoms with E-state index in [-0.39, 0.29) is 29.9 Å². The zero-order valence-corrected chi connectivity index (χ0v) is 26.0. The van der Waals surface area contributed by atoms with Crippen LogP contribution < -0.4 is 0 Å². The Balaban J connectivity index is 1.83. The number of hydrogen-bond donors (Lipinski definition) is 0. The summed E-state index contributed by atoms with van der Waals surface area (Å²) in [5, 5.41) is 0. The van der Waals surface area contributed by atoms with Crippen LogP contribution in [0, 0.1) is 36.0 Å². The molecule has 0 aromatic heterocycles. The van der Waals surface area contributed by atoms with Gasteiger partial charge in [-0.05, 0) is 48.7 Å². The van der Waals surface area contributed by atoms with Crippen molar-refractivity contribution in [2.45, 2.75) is 129 Å². The molecule has 210 valence electrons. The van der Waals surface area contributed by atoms with Crippen molar-refractivity contribution in [2.24, 2.45) is 23.7 Å². The maximum atomic E-state index is 11.3. The molecule has 2 saturated heterocycles. The summed E-state index contributed by atoms with van der Waals surface area (Å²) in [4.78, 5) is 11.3. The Morgan fingerprint density at radius 2 is 1.81 bits per heavy atom. The molecule has 0 aromatic rings. The highest BCUT2D eigenvalue weighted by Gasteiger charge is 2.66. The maximum absolute atomic E-state index is 11.3. The first-order valence-corrected chi connectivity index (χ1v) is 16.7. The van der Waals surface area contributed by atoms with Gasteiger partial charge in [0.2, 0.25) is 0 Å². The molecule has 2 aliphatic heterocycles. The van der Waals surface area contributed by atoms with Crippen molar-refractivity contribution in [3.8, 4) is 12.3 Å². The van der Waals surface area contributed by atoms with E-state index in [1.165, 1.54) is 12.5 Å². The Morgan fingerprint density at radius 1 is 1.19 bits per heavy atom. The SMILES string of the molecule is C#CC[C@H]1O[C@@H]([C@]2(C)O[C@@H]2CCOC(C)=O)[C@@H]2[C@@H]([C@H](C)CO[Si](C(C)C)(C(C)C)C(C)C)CC=C(C)[C@@H]21. The minimum atomic E-state index is -1.94. The lowest BCUT2D eigenvalue weighted by molar-refractivity contribution is -0.141. The molecule has 2 fully saturated rings. The van der Waals surface area contributed by atoms with Crippen molar-refractivity contribution in [1.82, 2.24) is 0 Å². The molecule has 0 spiro atoms. The fraction of sp³-hybridized carbons (Fsp3) is 0.839. The van der Waals surface area contributed by atoms with Gasteiger partial charge < -0.3 is 18.6 Å². The lowest BCUT2D eigenvalue weighted by atomic mass is 9.63. The molecule has 0 amide bonds. The van der Waals surface area contributed by atoms with Gasteiger partial charge in [-0.25, -0.2) is 0 Å². The van der Waals surface area contributed by atoms with Gasteiger partial charge in [-0.3, -0.25) is 4.79 Å². The molecule has 5 nitrogen and oxygen atoms in total. The van der Waals surface area contributed by atoms with E-state index in [4.69, 9.17) is 25.1 Å². The van der Waals surface area contributed by atoms with Crippen molar-refractivity contribution in [2.75, 3.05) is 13.2 Å². The molecule has 3 aliphatic rings. The fourth-order valence-electron chi connectivity index (χ4n) is 8.00. The predicted molar refractivity (Wildman–Crippen MR) is 152 cm³/mol. The first-order valence-electron chi connectivity index (χ1n) is 14.5. The van der Waals surface area contributed by atoms with E-state index in [2.05, 4.69) is 74.3 Å². The summed E-state index contributed by atoms with van der Waals surface area (Å²) < 4.78 is 25.4. The molecule has 2 heterocycles. The average Bonchev–Trinajstić information content (AvgIpc) is 3.29. The van der Waals surface area contributed by atoms with E-state index in [0.717, 1.165) is 13.0 Å². The molecule has 0 unspecified atom stereocenters. The number of carbonyl (C=O) groups is 1. The van der Waals surface area contributed by atoms with Crippen LogP contribution >= 0.6 is 0 Å². The van der Waals surface area contributed by atoms with Gasteiger partial charge >= 0.3 is 5.97 Å². The van der Waals surface area contributed by atoms with Crippen molar-refractivity contribution in [3.63, 3.8) is 0 Å². The number of carbonyl (C=O) groups excluding carboxylic acids is 1. The number of rotatable bonds is 12. The number of allylic oxidation sites excluding steroid dienone is 1. The van der Waals surface area contributed by atoms with E-state index in [9.17, 15) is 4.79 Å². The van der Waals surface area contributed by atoms with Gasteiger partial charge in [0.25, 0.3) is 0 Å². The van der Waals surface area contributed by atoms with E-state index < -0.39 is 8.32 Å². The molecule has 8 atom stereocenters. The van der Waals surface area contributed by atoms with Crippen molar-refractivity contribution < 1.29 is 23.4 Å². The lowest BCUT2D eigenvalue weighted by Crippen LogP contribution is -2.49. The van der Waals surface area contributed by atoms with Gasteiger partial charge in [0.1, 0.15) is 5.60 Å². The second-order valence-electron chi connectivity index (χ2n) is 13.0. The van der Waals surface area contributed by atoms with Gasteiger partial charge in [0.05, 0.1) is 24.9 Å². The minimum Gasteiger partial charge on any atom is -0.466 e. The molecule has 3 rings (SSSR count). The first kappa shape index (κ1) is 30.4. The zero-order valence-electron chi connectivity index (χ0n) is 25.0. The van der Waals surface area contributed by atoms with Crippen molar-refractivity contribution in [3.05, 3.63) is 11.6 Å². The van der Waals surface area contributed by atoms with Crippen LogP contribution in [0.15, 0.2) is 11.6 Å². The van der Waals surface area contributed by atoms with Crippen LogP contribution in [0.1, 0.15) is 88.5 Å². The molecule has 0 radical (unpaired) electrons. The molecule has 0 N–H and O–H groups in total. The smallest absolute Gasteiger partial charge is 0.302 e. The summed E-state index contributed by atoms with van der Waals surface area (Å²) in [6.07, 6.45) is 10.6. The number of epoxide rings is 1.